The first-order chi connectivity index (χ1) is 9.38. The Kier molecular flexibility index (Phi) is 3.70. The van der Waals surface area contributed by atoms with Gasteiger partial charge in [0.2, 0.25) is 5.95 Å². The van der Waals surface area contributed by atoms with E-state index in [1.165, 1.54) is 0 Å². The first-order valence-corrected chi connectivity index (χ1v) is 6.30. The average molecular weight is 271 g/mol. The van der Waals surface area contributed by atoms with Gasteiger partial charge in [0, 0.05) is 11.8 Å². The van der Waals surface area contributed by atoms with E-state index in [1.54, 1.807) is 26.1 Å². The van der Waals surface area contributed by atoms with Gasteiger partial charge in [0.1, 0.15) is 0 Å². The SMILES string of the molecule is CC(C)(Cc1ccc(-c2ccnc(N)n2)cc1)C(=O)O. The molecule has 0 fully saturated rings. The van der Waals surface area contributed by atoms with E-state index in [0.717, 1.165) is 16.8 Å². The molecule has 0 aliphatic rings. The highest BCUT2D eigenvalue weighted by Gasteiger charge is 2.27. The van der Waals surface area contributed by atoms with Crippen molar-refractivity contribution in [1.82, 2.24) is 9.97 Å². The van der Waals surface area contributed by atoms with E-state index in [2.05, 4.69) is 9.97 Å². The lowest BCUT2D eigenvalue weighted by Gasteiger charge is -2.19. The van der Waals surface area contributed by atoms with Crippen molar-refractivity contribution in [1.29, 1.82) is 0 Å². The quantitative estimate of drug-likeness (QED) is 0.891. The Labute approximate surface area is 117 Å². The number of benzene rings is 1. The molecule has 0 atom stereocenters. The van der Waals surface area contributed by atoms with E-state index in [0.29, 0.717) is 6.42 Å². The van der Waals surface area contributed by atoms with Crippen molar-refractivity contribution in [3.05, 3.63) is 42.1 Å². The summed E-state index contributed by atoms with van der Waals surface area (Å²) in [5.41, 5.74) is 7.43. The molecule has 104 valence electrons. The predicted octanol–water partition coefficient (Wildman–Crippen LogP) is 2.38. The monoisotopic (exact) mass is 271 g/mol. The molecular formula is C15H17N3O2. The number of nitrogens with zero attached hydrogens (tertiary/aromatic N) is 2. The summed E-state index contributed by atoms with van der Waals surface area (Å²) in [7, 11) is 0. The number of nitrogens with two attached hydrogens (primary N) is 1. The number of carbonyl (C=O) groups is 1. The van der Waals surface area contributed by atoms with Gasteiger partial charge >= 0.3 is 5.97 Å². The fraction of sp³-hybridized carbons (Fsp3) is 0.267. The number of carboxylic acid groups (broad SMARTS) is 1. The zero-order chi connectivity index (χ0) is 14.8. The largest absolute Gasteiger partial charge is 0.481 e. The van der Waals surface area contributed by atoms with Crippen LogP contribution in [0.25, 0.3) is 11.3 Å². The van der Waals surface area contributed by atoms with Crippen molar-refractivity contribution in [3.63, 3.8) is 0 Å². The average Bonchev–Trinajstić information content (AvgIpc) is 2.39. The van der Waals surface area contributed by atoms with E-state index in [9.17, 15) is 4.79 Å². The fourth-order valence-corrected chi connectivity index (χ4v) is 1.91. The Morgan fingerprint density at radius 2 is 1.90 bits per heavy atom. The van der Waals surface area contributed by atoms with Crippen LogP contribution in [0.5, 0.6) is 0 Å². The van der Waals surface area contributed by atoms with Crippen LogP contribution < -0.4 is 5.73 Å². The Bertz CT molecular complexity index is 621. The number of aromatic nitrogens is 2. The maximum Gasteiger partial charge on any atom is 0.309 e. The first-order valence-electron chi connectivity index (χ1n) is 6.30. The van der Waals surface area contributed by atoms with Gasteiger partial charge in [0.05, 0.1) is 11.1 Å². The third-order valence-electron chi connectivity index (χ3n) is 3.15. The molecule has 1 aromatic carbocycles. The summed E-state index contributed by atoms with van der Waals surface area (Å²) in [5, 5.41) is 9.13. The molecule has 3 N–H and O–H groups in total. The standard InChI is InChI=1S/C15H17N3O2/c1-15(2,13(19)20)9-10-3-5-11(6-4-10)12-7-8-17-14(16)18-12/h3-8H,9H2,1-2H3,(H,19,20)(H2,16,17,18). The minimum Gasteiger partial charge on any atom is -0.481 e. The molecule has 20 heavy (non-hydrogen) atoms. The molecule has 0 saturated heterocycles. The molecule has 5 nitrogen and oxygen atoms in total. The van der Waals surface area contributed by atoms with Crippen LogP contribution in [-0.2, 0) is 11.2 Å². The highest BCUT2D eigenvalue weighted by Crippen LogP contribution is 2.24. The molecule has 0 radical (unpaired) electrons. The topological polar surface area (TPSA) is 89.1 Å². The van der Waals surface area contributed by atoms with Crippen molar-refractivity contribution in [2.75, 3.05) is 5.73 Å². The summed E-state index contributed by atoms with van der Waals surface area (Å²) in [6, 6.07) is 9.44. The van der Waals surface area contributed by atoms with Gasteiger partial charge in [0.25, 0.3) is 0 Å². The van der Waals surface area contributed by atoms with Crippen LogP contribution in [0, 0.1) is 5.41 Å². The lowest BCUT2D eigenvalue weighted by molar-refractivity contribution is -0.146. The normalized spacial score (nSPS) is 11.3. The molecule has 5 heteroatoms. The van der Waals surface area contributed by atoms with Crippen molar-refractivity contribution in [3.8, 4) is 11.3 Å². The Morgan fingerprint density at radius 1 is 1.25 bits per heavy atom. The molecule has 0 spiro atoms. The molecule has 1 heterocycles. The Hall–Kier alpha value is -2.43. The number of hydrogen-bond donors (Lipinski definition) is 2. The van der Waals surface area contributed by atoms with Gasteiger partial charge in [-0.25, -0.2) is 9.97 Å². The molecule has 0 aliphatic heterocycles. The minimum absolute atomic E-state index is 0.235. The van der Waals surface area contributed by atoms with Crippen molar-refractivity contribution in [2.45, 2.75) is 20.3 Å². The first kappa shape index (κ1) is 14.0. The summed E-state index contributed by atoms with van der Waals surface area (Å²) in [6.45, 7) is 3.43. The summed E-state index contributed by atoms with van der Waals surface area (Å²) >= 11 is 0. The molecule has 0 saturated carbocycles. The van der Waals surface area contributed by atoms with Gasteiger partial charge in [0.15, 0.2) is 0 Å². The number of rotatable bonds is 4. The maximum atomic E-state index is 11.1. The highest BCUT2D eigenvalue weighted by atomic mass is 16.4. The van der Waals surface area contributed by atoms with Crippen LogP contribution in [0.1, 0.15) is 19.4 Å². The Morgan fingerprint density at radius 3 is 2.45 bits per heavy atom. The van der Waals surface area contributed by atoms with Crippen LogP contribution in [0.15, 0.2) is 36.5 Å². The molecule has 1 aromatic heterocycles. The molecule has 2 aromatic rings. The molecule has 0 amide bonds. The highest BCUT2D eigenvalue weighted by molar-refractivity contribution is 5.74. The van der Waals surface area contributed by atoms with Gasteiger partial charge in [-0.05, 0) is 31.9 Å². The Balaban J connectivity index is 2.21. The third-order valence-corrected chi connectivity index (χ3v) is 3.15. The van der Waals surface area contributed by atoms with E-state index in [1.807, 2.05) is 24.3 Å². The molecule has 2 rings (SSSR count). The molecule has 0 aliphatic carbocycles. The summed E-state index contributed by atoms with van der Waals surface area (Å²) in [6.07, 6.45) is 2.09. The maximum absolute atomic E-state index is 11.1. The van der Waals surface area contributed by atoms with Gasteiger partial charge in [-0.2, -0.15) is 0 Å². The third kappa shape index (κ3) is 3.12. The van der Waals surface area contributed by atoms with Gasteiger partial charge in [-0.1, -0.05) is 24.3 Å². The molecule has 0 unspecified atom stereocenters. The van der Waals surface area contributed by atoms with Crippen molar-refractivity contribution in [2.24, 2.45) is 5.41 Å². The second kappa shape index (κ2) is 5.28. The van der Waals surface area contributed by atoms with Crippen molar-refractivity contribution >= 4 is 11.9 Å². The lowest BCUT2D eigenvalue weighted by Crippen LogP contribution is -2.26. The minimum atomic E-state index is -0.801. The zero-order valence-corrected chi connectivity index (χ0v) is 11.5. The van der Waals surface area contributed by atoms with E-state index < -0.39 is 11.4 Å². The number of anilines is 1. The smallest absolute Gasteiger partial charge is 0.309 e. The number of nitrogen functional groups attached to an aromatic ring is 1. The van der Waals surface area contributed by atoms with Crippen LogP contribution in [0.2, 0.25) is 0 Å². The molecule has 0 bridgehead atoms. The van der Waals surface area contributed by atoms with E-state index >= 15 is 0 Å². The fourth-order valence-electron chi connectivity index (χ4n) is 1.91. The van der Waals surface area contributed by atoms with Crippen LogP contribution in [-0.4, -0.2) is 21.0 Å². The summed E-state index contributed by atoms with van der Waals surface area (Å²) in [4.78, 5) is 19.1. The summed E-state index contributed by atoms with van der Waals surface area (Å²) in [5.74, 6) is -0.566. The van der Waals surface area contributed by atoms with Crippen LogP contribution in [0.4, 0.5) is 5.95 Å². The number of aliphatic carboxylic acids is 1. The van der Waals surface area contributed by atoms with Gasteiger partial charge in [-0.3, -0.25) is 4.79 Å². The van der Waals surface area contributed by atoms with Gasteiger partial charge < -0.3 is 10.8 Å². The van der Waals surface area contributed by atoms with E-state index in [-0.39, 0.29) is 5.95 Å². The van der Waals surface area contributed by atoms with E-state index in [4.69, 9.17) is 10.8 Å². The van der Waals surface area contributed by atoms with Crippen LogP contribution in [0.3, 0.4) is 0 Å². The van der Waals surface area contributed by atoms with Gasteiger partial charge in [-0.15, -0.1) is 0 Å². The zero-order valence-electron chi connectivity index (χ0n) is 11.5. The summed E-state index contributed by atoms with van der Waals surface area (Å²) < 4.78 is 0. The number of carboxylic acids is 1. The second-order valence-electron chi connectivity index (χ2n) is 5.36. The lowest BCUT2D eigenvalue weighted by atomic mass is 9.86. The molecular weight excluding hydrogens is 254 g/mol. The predicted molar refractivity (Wildman–Crippen MR) is 77.0 cm³/mol. The second-order valence-corrected chi connectivity index (χ2v) is 5.36. The van der Waals surface area contributed by atoms with Crippen molar-refractivity contribution < 1.29 is 9.90 Å². The van der Waals surface area contributed by atoms with Crippen LogP contribution >= 0.6 is 0 Å². The number of hydrogen-bond acceptors (Lipinski definition) is 4.